The van der Waals surface area contributed by atoms with E-state index in [-0.39, 0.29) is 0 Å². The van der Waals surface area contributed by atoms with Crippen molar-refractivity contribution in [3.63, 3.8) is 0 Å². The number of carboxylic acid groups (broad SMARTS) is 1. The Morgan fingerprint density at radius 3 is 2.38 bits per heavy atom. The van der Waals surface area contributed by atoms with Crippen LogP contribution in [0.5, 0.6) is 0 Å². The lowest BCUT2D eigenvalue weighted by molar-refractivity contribution is -0.153. The maximum atomic E-state index is 10.5. The molecule has 0 bridgehead atoms. The average Bonchev–Trinajstić information content (AvgIpc) is 2.26. The molecule has 3 atom stereocenters. The topological polar surface area (TPSA) is 77.8 Å². The number of carboxylic acids is 1. The summed E-state index contributed by atoms with van der Waals surface area (Å²) in [6, 6.07) is 6.80. The van der Waals surface area contributed by atoms with Gasteiger partial charge in [-0.15, -0.1) is 0 Å². The maximum absolute atomic E-state index is 10.5. The molecule has 0 saturated heterocycles. The van der Waals surface area contributed by atoms with Gasteiger partial charge in [-0.05, 0) is 11.6 Å². The van der Waals surface area contributed by atoms with E-state index >= 15 is 0 Å². The summed E-state index contributed by atoms with van der Waals surface area (Å²) in [5.41, 5.74) is 0.608. The predicted octanol–water partition coefficient (Wildman–Crippen LogP) is 1.25. The normalized spacial score (nSPS) is 16.5. The standard InChI is InChI=1S/C11H13ClO4/c1-6(9(13)10(14)11(15)16)7-4-2-3-5-8(7)12/h2-6,9-10,13-14H,1H3,(H,15,16)/t6?,9-,10+/m0/s1. The van der Waals surface area contributed by atoms with Crippen LogP contribution >= 0.6 is 11.6 Å². The first-order valence-electron chi connectivity index (χ1n) is 4.78. The maximum Gasteiger partial charge on any atom is 0.335 e. The van der Waals surface area contributed by atoms with Crippen LogP contribution < -0.4 is 0 Å². The van der Waals surface area contributed by atoms with Crippen molar-refractivity contribution in [1.82, 2.24) is 0 Å². The number of hydrogen-bond acceptors (Lipinski definition) is 3. The summed E-state index contributed by atoms with van der Waals surface area (Å²) < 4.78 is 0. The highest BCUT2D eigenvalue weighted by Gasteiger charge is 2.30. The minimum absolute atomic E-state index is 0.437. The first-order chi connectivity index (χ1) is 7.45. The molecule has 0 radical (unpaired) electrons. The number of aliphatic carboxylic acids is 1. The van der Waals surface area contributed by atoms with Gasteiger partial charge in [0.25, 0.3) is 0 Å². The minimum atomic E-state index is -1.81. The van der Waals surface area contributed by atoms with Crippen molar-refractivity contribution in [3.8, 4) is 0 Å². The Morgan fingerprint density at radius 2 is 1.88 bits per heavy atom. The summed E-state index contributed by atoms with van der Waals surface area (Å²) in [5, 5.41) is 27.9. The van der Waals surface area contributed by atoms with Gasteiger partial charge in [-0.25, -0.2) is 4.79 Å². The van der Waals surface area contributed by atoms with Crippen LogP contribution in [0.2, 0.25) is 5.02 Å². The quantitative estimate of drug-likeness (QED) is 0.745. The molecular formula is C11H13ClO4. The van der Waals surface area contributed by atoms with E-state index < -0.39 is 24.1 Å². The summed E-state index contributed by atoms with van der Waals surface area (Å²) in [6.45, 7) is 1.61. The van der Waals surface area contributed by atoms with Gasteiger partial charge >= 0.3 is 5.97 Å². The van der Waals surface area contributed by atoms with Gasteiger partial charge < -0.3 is 15.3 Å². The third-order valence-corrected chi connectivity index (χ3v) is 2.83. The molecule has 1 aromatic rings. The van der Waals surface area contributed by atoms with E-state index in [1.54, 1.807) is 31.2 Å². The van der Waals surface area contributed by atoms with Gasteiger partial charge in [-0.1, -0.05) is 36.7 Å². The van der Waals surface area contributed by atoms with Gasteiger partial charge in [0.05, 0.1) is 6.10 Å². The summed E-state index contributed by atoms with van der Waals surface area (Å²) in [4.78, 5) is 10.5. The predicted molar refractivity (Wildman–Crippen MR) is 59.5 cm³/mol. The van der Waals surface area contributed by atoms with Gasteiger partial charge in [0.15, 0.2) is 6.10 Å². The monoisotopic (exact) mass is 244 g/mol. The fraction of sp³-hybridized carbons (Fsp3) is 0.364. The Labute approximate surface area is 98.1 Å². The molecule has 4 nitrogen and oxygen atoms in total. The van der Waals surface area contributed by atoms with Crippen LogP contribution in [0.4, 0.5) is 0 Å². The molecule has 0 saturated carbocycles. The van der Waals surface area contributed by atoms with E-state index in [0.29, 0.717) is 10.6 Å². The third-order valence-electron chi connectivity index (χ3n) is 2.48. The smallest absolute Gasteiger partial charge is 0.335 e. The molecule has 5 heteroatoms. The van der Waals surface area contributed by atoms with Crippen molar-refractivity contribution in [1.29, 1.82) is 0 Å². The van der Waals surface area contributed by atoms with Crippen molar-refractivity contribution in [2.75, 3.05) is 0 Å². The van der Waals surface area contributed by atoms with Crippen LogP contribution in [-0.2, 0) is 4.79 Å². The van der Waals surface area contributed by atoms with E-state index in [4.69, 9.17) is 16.7 Å². The minimum Gasteiger partial charge on any atom is -0.479 e. The van der Waals surface area contributed by atoms with Gasteiger partial charge in [0.1, 0.15) is 0 Å². The van der Waals surface area contributed by atoms with E-state index in [1.165, 1.54) is 0 Å². The van der Waals surface area contributed by atoms with Gasteiger partial charge in [0, 0.05) is 10.9 Å². The molecular weight excluding hydrogens is 232 g/mol. The highest BCUT2D eigenvalue weighted by Crippen LogP contribution is 2.27. The lowest BCUT2D eigenvalue weighted by Crippen LogP contribution is -2.37. The van der Waals surface area contributed by atoms with Crippen LogP contribution in [-0.4, -0.2) is 33.5 Å². The number of benzene rings is 1. The van der Waals surface area contributed by atoms with Gasteiger partial charge in [-0.2, -0.15) is 0 Å². The number of aliphatic hydroxyl groups excluding tert-OH is 2. The SMILES string of the molecule is CC(c1ccccc1Cl)[C@H](O)[C@@H](O)C(=O)O. The molecule has 0 amide bonds. The van der Waals surface area contributed by atoms with Crippen molar-refractivity contribution < 1.29 is 20.1 Å². The molecule has 0 aliphatic heterocycles. The van der Waals surface area contributed by atoms with Crippen molar-refractivity contribution in [2.45, 2.75) is 25.0 Å². The van der Waals surface area contributed by atoms with Crippen molar-refractivity contribution >= 4 is 17.6 Å². The second-order valence-corrected chi connectivity index (χ2v) is 3.99. The summed E-state index contributed by atoms with van der Waals surface area (Å²) in [7, 11) is 0. The summed E-state index contributed by atoms with van der Waals surface area (Å²) in [6.07, 6.45) is -3.20. The van der Waals surface area contributed by atoms with Crippen molar-refractivity contribution in [2.24, 2.45) is 0 Å². The van der Waals surface area contributed by atoms with Gasteiger partial charge in [-0.3, -0.25) is 0 Å². The molecule has 0 aliphatic rings. The number of rotatable bonds is 4. The molecule has 0 aromatic heterocycles. The molecule has 0 aliphatic carbocycles. The highest BCUT2D eigenvalue weighted by molar-refractivity contribution is 6.31. The van der Waals surface area contributed by atoms with Crippen LogP contribution in [0, 0.1) is 0 Å². The van der Waals surface area contributed by atoms with Gasteiger partial charge in [0.2, 0.25) is 0 Å². The van der Waals surface area contributed by atoms with E-state index in [9.17, 15) is 15.0 Å². The molecule has 88 valence electrons. The molecule has 16 heavy (non-hydrogen) atoms. The fourth-order valence-corrected chi connectivity index (χ4v) is 1.76. The average molecular weight is 245 g/mol. The summed E-state index contributed by atoms with van der Waals surface area (Å²) in [5.74, 6) is -2.01. The van der Waals surface area contributed by atoms with Crippen LogP contribution in [0.1, 0.15) is 18.4 Å². The molecule has 3 N–H and O–H groups in total. The van der Waals surface area contributed by atoms with Crippen molar-refractivity contribution in [3.05, 3.63) is 34.9 Å². The lowest BCUT2D eigenvalue weighted by atomic mass is 9.92. The Hall–Kier alpha value is -1.10. The van der Waals surface area contributed by atoms with E-state index in [0.717, 1.165) is 0 Å². The molecule has 0 fully saturated rings. The Bertz CT molecular complexity index is 380. The zero-order valence-corrected chi connectivity index (χ0v) is 9.43. The largest absolute Gasteiger partial charge is 0.479 e. The first kappa shape index (κ1) is 13.0. The zero-order valence-electron chi connectivity index (χ0n) is 8.67. The molecule has 0 spiro atoms. The lowest BCUT2D eigenvalue weighted by Gasteiger charge is -2.22. The van der Waals surface area contributed by atoms with Crippen LogP contribution in [0.15, 0.2) is 24.3 Å². The van der Waals surface area contributed by atoms with E-state index in [1.807, 2.05) is 0 Å². The molecule has 1 rings (SSSR count). The summed E-state index contributed by atoms with van der Waals surface area (Å²) >= 11 is 5.91. The second kappa shape index (κ2) is 5.30. The third kappa shape index (κ3) is 2.72. The molecule has 0 heterocycles. The number of halogens is 1. The number of hydrogen-bond donors (Lipinski definition) is 3. The van der Waals surface area contributed by atoms with Crippen LogP contribution in [0.3, 0.4) is 0 Å². The fourth-order valence-electron chi connectivity index (χ4n) is 1.45. The zero-order chi connectivity index (χ0) is 12.3. The number of carbonyl (C=O) groups is 1. The molecule has 1 unspecified atom stereocenters. The Kier molecular flexibility index (Phi) is 4.29. The van der Waals surface area contributed by atoms with E-state index in [2.05, 4.69) is 0 Å². The second-order valence-electron chi connectivity index (χ2n) is 3.58. The Balaban J connectivity index is 2.90. The Morgan fingerprint density at radius 1 is 1.31 bits per heavy atom. The first-order valence-corrected chi connectivity index (χ1v) is 5.16. The number of aliphatic hydroxyl groups is 2. The van der Waals surface area contributed by atoms with Crippen LogP contribution in [0.25, 0.3) is 0 Å². The highest BCUT2D eigenvalue weighted by atomic mass is 35.5. The molecule has 1 aromatic carbocycles.